The maximum Gasteiger partial charge on any atom is 0.254 e. The molecular formula is C37H49FN10O7. The van der Waals surface area contributed by atoms with E-state index in [2.05, 4.69) is 31.1 Å². The Bertz CT molecular complexity index is 1860. The van der Waals surface area contributed by atoms with Crippen molar-refractivity contribution in [3.63, 3.8) is 0 Å². The van der Waals surface area contributed by atoms with E-state index in [0.717, 1.165) is 29.8 Å². The largest absolute Gasteiger partial charge is 0.377 e. The molecule has 0 atom stereocenters. The maximum atomic E-state index is 15.5. The second-order valence-electron chi connectivity index (χ2n) is 13.3. The fourth-order valence-electron chi connectivity index (χ4n) is 6.02. The van der Waals surface area contributed by atoms with Crippen molar-refractivity contribution in [2.45, 2.75) is 25.7 Å². The van der Waals surface area contributed by atoms with Crippen LogP contribution in [-0.4, -0.2) is 151 Å². The van der Waals surface area contributed by atoms with Crippen LogP contribution in [0.3, 0.4) is 0 Å². The molecule has 0 unspecified atom stereocenters. The number of anilines is 2. The highest BCUT2D eigenvalue weighted by molar-refractivity contribution is 5.95. The zero-order valence-electron chi connectivity index (χ0n) is 31.1. The summed E-state index contributed by atoms with van der Waals surface area (Å²) in [4.78, 5) is 49.6. The average molecular weight is 765 g/mol. The van der Waals surface area contributed by atoms with Gasteiger partial charge < -0.3 is 39.8 Å². The molecule has 1 saturated carbocycles. The number of aromatic nitrogens is 5. The van der Waals surface area contributed by atoms with Gasteiger partial charge in [0.2, 0.25) is 11.8 Å². The van der Waals surface area contributed by atoms with E-state index in [1.165, 1.54) is 13.0 Å². The van der Waals surface area contributed by atoms with Crippen LogP contribution in [0.15, 0.2) is 43.0 Å². The minimum absolute atomic E-state index is 0.0821. The van der Waals surface area contributed by atoms with Crippen LogP contribution in [0.25, 0.3) is 16.9 Å². The van der Waals surface area contributed by atoms with Gasteiger partial charge in [0.1, 0.15) is 5.82 Å². The fraction of sp³-hybridized carbons (Fsp3) is 0.514. The number of amides is 3. The predicted octanol–water partition coefficient (Wildman–Crippen LogP) is 1.96. The van der Waals surface area contributed by atoms with Crippen LogP contribution < -0.4 is 16.0 Å². The molecule has 4 aromatic rings. The van der Waals surface area contributed by atoms with Crippen molar-refractivity contribution >= 4 is 34.9 Å². The first-order valence-electron chi connectivity index (χ1n) is 18.6. The number of carbonyl (C=O) groups excluding carboxylic acids is 3. The van der Waals surface area contributed by atoms with E-state index >= 15 is 4.39 Å². The van der Waals surface area contributed by atoms with Crippen molar-refractivity contribution in [2.75, 3.05) is 104 Å². The number of fused-ring (bicyclic) bond motifs is 1. The molecule has 6 rings (SSSR count). The van der Waals surface area contributed by atoms with Crippen LogP contribution in [0.4, 0.5) is 15.9 Å². The number of imidazole rings is 1. The highest BCUT2D eigenvalue weighted by Crippen LogP contribution is 2.40. The van der Waals surface area contributed by atoms with Crippen molar-refractivity contribution < 1.29 is 37.7 Å². The fourth-order valence-corrected chi connectivity index (χ4v) is 6.02. The van der Waals surface area contributed by atoms with Crippen LogP contribution in [0.5, 0.6) is 0 Å². The molecule has 0 bridgehead atoms. The molecule has 296 valence electrons. The van der Waals surface area contributed by atoms with Crippen molar-refractivity contribution in [1.29, 1.82) is 0 Å². The molecule has 1 saturated heterocycles. The Kier molecular flexibility index (Phi) is 14.5. The summed E-state index contributed by atoms with van der Waals surface area (Å²) in [5, 5.41) is 15.5. The summed E-state index contributed by atoms with van der Waals surface area (Å²) < 4.78 is 39.2. The minimum Gasteiger partial charge on any atom is -0.377 e. The van der Waals surface area contributed by atoms with E-state index in [4.69, 9.17) is 23.9 Å². The molecule has 18 heteroatoms. The number of piperazine rings is 1. The third-order valence-corrected chi connectivity index (χ3v) is 9.10. The quantitative estimate of drug-likeness (QED) is 0.0854. The number of aromatic amines is 1. The van der Waals surface area contributed by atoms with Crippen molar-refractivity contribution in [1.82, 2.24) is 45.0 Å². The first-order chi connectivity index (χ1) is 26.9. The third kappa shape index (κ3) is 11.7. The van der Waals surface area contributed by atoms with Gasteiger partial charge in [-0.1, -0.05) is 0 Å². The van der Waals surface area contributed by atoms with Gasteiger partial charge in [-0.15, -0.1) is 0 Å². The van der Waals surface area contributed by atoms with Gasteiger partial charge in [0.25, 0.3) is 5.91 Å². The van der Waals surface area contributed by atoms with Crippen LogP contribution in [0, 0.1) is 5.82 Å². The molecule has 4 N–H and O–H groups in total. The first-order valence-corrected chi connectivity index (χ1v) is 18.6. The number of hydrogen-bond acceptors (Lipinski definition) is 12. The molecule has 2 fully saturated rings. The average Bonchev–Trinajstić information content (AvgIpc) is 3.71. The lowest BCUT2D eigenvalue weighted by molar-refractivity contribution is -0.123. The second-order valence-corrected chi connectivity index (χ2v) is 13.3. The molecule has 0 spiro atoms. The number of nitrogens with one attached hydrogen (secondary N) is 4. The zero-order valence-corrected chi connectivity index (χ0v) is 31.1. The Labute approximate surface area is 318 Å². The van der Waals surface area contributed by atoms with E-state index < -0.39 is 5.82 Å². The third-order valence-electron chi connectivity index (χ3n) is 9.10. The van der Waals surface area contributed by atoms with Gasteiger partial charge in [0.15, 0.2) is 11.5 Å². The van der Waals surface area contributed by atoms with E-state index in [9.17, 15) is 14.4 Å². The van der Waals surface area contributed by atoms with E-state index in [0.29, 0.717) is 110 Å². The number of ether oxygens (including phenoxy) is 4. The number of H-pyrrole nitrogens is 1. The summed E-state index contributed by atoms with van der Waals surface area (Å²) in [7, 11) is 0. The van der Waals surface area contributed by atoms with Gasteiger partial charge >= 0.3 is 0 Å². The number of nitrogens with zero attached hydrogens (tertiary/aromatic N) is 6. The monoisotopic (exact) mass is 764 g/mol. The zero-order chi connectivity index (χ0) is 38.4. The predicted molar refractivity (Wildman–Crippen MR) is 200 cm³/mol. The standard InChI is InChI=1S/C37H49FN10O7/c1-26(49)39-6-12-52-14-16-54-18-19-55-17-15-53-13-7-40-34(50)25-46-8-10-47(11-9-46)37(51)28-4-5-31(30(38)20-28)44-35-36-41-23-33(29-21-42-43-22-29)48(36)24-32(45-35)27-2-3-27/h4-5,20-24,27H,2-3,6-19,25H2,1H3,(H,39,49)(H,40,50)(H,42,43)(H,44,45). The lowest BCUT2D eigenvalue weighted by Gasteiger charge is -2.34. The first kappa shape index (κ1) is 39.7. The summed E-state index contributed by atoms with van der Waals surface area (Å²) in [6.07, 6.45) is 9.34. The van der Waals surface area contributed by atoms with E-state index in [-0.39, 0.29) is 35.5 Å². The number of hydrogen-bond donors (Lipinski definition) is 4. The number of carbonyl (C=O) groups is 3. The summed E-state index contributed by atoms with van der Waals surface area (Å²) >= 11 is 0. The van der Waals surface area contributed by atoms with Crippen LogP contribution in [-0.2, 0) is 28.5 Å². The summed E-state index contributed by atoms with van der Waals surface area (Å²) in [6, 6.07) is 4.41. The Morgan fingerprint density at radius 2 is 1.56 bits per heavy atom. The van der Waals surface area contributed by atoms with Gasteiger partial charge in [-0.25, -0.2) is 14.4 Å². The van der Waals surface area contributed by atoms with Crippen LogP contribution in [0.2, 0.25) is 0 Å². The normalized spacial score (nSPS) is 14.7. The maximum absolute atomic E-state index is 15.5. The minimum atomic E-state index is -0.573. The van der Waals surface area contributed by atoms with Crippen LogP contribution >= 0.6 is 0 Å². The smallest absolute Gasteiger partial charge is 0.254 e. The Balaban J connectivity index is 0.852. The SMILES string of the molecule is CC(=O)NCCOCCOCCOCCOCCNC(=O)CN1CCN(C(=O)c2ccc(Nc3nc(C4CC4)cn4c(-c5cn[nH]c5)cnc34)c(F)c2)CC1. The Morgan fingerprint density at radius 3 is 2.18 bits per heavy atom. The molecule has 3 amide bonds. The number of benzene rings is 1. The van der Waals surface area contributed by atoms with Gasteiger partial charge in [-0.05, 0) is 31.0 Å². The molecule has 2 aliphatic rings. The lowest BCUT2D eigenvalue weighted by Crippen LogP contribution is -2.51. The Hall–Kier alpha value is -5.01. The molecular weight excluding hydrogens is 715 g/mol. The molecule has 55 heavy (non-hydrogen) atoms. The Morgan fingerprint density at radius 1 is 0.891 bits per heavy atom. The molecule has 4 heterocycles. The van der Waals surface area contributed by atoms with Crippen molar-refractivity contribution in [3.05, 3.63) is 60.1 Å². The molecule has 1 aromatic carbocycles. The van der Waals surface area contributed by atoms with Gasteiger partial charge in [-0.3, -0.25) is 28.8 Å². The molecule has 1 aliphatic carbocycles. The summed E-state index contributed by atoms with van der Waals surface area (Å²) in [6.45, 7) is 7.80. The molecule has 17 nitrogen and oxygen atoms in total. The molecule has 3 aromatic heterocycles. The number of rotatable bonds is 22. The highest BCUT2D eigenvalue weighted by atomic mass is 19.1. The summed E-state index contributed by atoms with van der Waals surface area (Å²) in [5.74, 6) is -0.254. The summed E-state index contributed by atoms with van der Waals surface area (Å²) in [5.41, 5.74) is 3.62. The lowest BCUT2D eigenvalue weighted by atomic mass is 10.1. The van der Waals surface area contributed by atoms with Crippen molar-refractivity contribution in [3.8, 4) is 11.3 Å². The van der Waals surface area contributed by atoms with Crippen LogP contribution in [0.1, 0.15) is 41.7 Å². The molecule has 0 radical (unpaired) electrons. The van der Waals surface area contributed by atoms with E-state index in [1.807, 2.05) is 15.5 Å². The van der Waals surface area contributed by atoms with E-state index in [1.54, 1.807) is 35.6 Å². The van der Waals surface area contributed by atoms with Crippen molar-refractivity contribution in [2.24, 2.45) is 0 Å². The molecule has 1 aliphatic heterocycles. The topological polar surface area (TPSA) is 190 Å². The highest BCUT2D eigenvalue weighted by Gasteiger charge is 2.28. The van der Waals surface area contributed by atoms with Gasteiger partial charge in [-0.2, -0.15) is 5.10 Å². The number of halogens is 1. The second kappa shape index (κ2) is 20.1. The van der Waals surface area contributed by atoms with Gasteiger partial charge in [0, 0.05) is 75.6 Å². The van der Waals surface area contributed by atoms with Gasteiger partial charge in [0.05, 0.1) is 88.9 Å².